The number of nitrogens with one attached hydrogen (secondary N) is 1. The van der Waals surface area contributed by atoms with Gasteiger partial charge < -0.3 is 16.8 Å². The van der Waals surface area contributed by atoms with Gasteiger partial charge in [0.05, 0.1) is 18.3 Å². The third-order valence-corrected chi connectivity index (χ3v) is 1.84. The first-order valence-corrected chi connectivity index (χ1v) is 5.00. The summed E-state index contributed by atoms with van der Waals surface area (Å²) >= 11 is 5.32. The van der Waals surface area contributed by atoms with E-state index in [0.717, 1.165) is 0 Å². The molecule has 0 aromatic rings. The van der Waals surface area contributed by atoms with Crippen molar-refractivity contribution in [1.82, 2.24) is 10.3 Å². The van der Waals surface area contributed by atoms with Crippen LogP contribution >= 0.6 is 11.6 Å². The summed E-state index contributed by atoms with van der Waals surface area (Å²) in [5, 5.41) is 4.89. The van der Waals surface area contributed by atoms with Crippen LogP contribution in [0.15, 0.2) is 5.29 Å². The molecular formula is C7H12ClN5O4. The zero-order chi connectivity index (χ0) is 13.4. The predicted octanol–water partition coefficient (Wildman–Crippen LogP) is -1.35. The van der Waals surface area contributed by atoms with Crippen molar-refractivity contribution >= 4 is 29.4 Å². The molecule has 10 heteroatoms. The van der Waals surface area contributed by atoms with Crippen molar-refractivity contribution in [3.8, 4) is 0 Å². The second-order valence-corrected chi connectivity index (χ2v) is 3.35. The number of nitroso groups, excluding NO2 is 1. The molecule has 17 heavy (non-hydrogen) atoms. The largest absolute Gasteiger partial charge is 0.370 e. The number of amides is 4. The van der Waals surface area contributed by atoms with Crippen LogP contribution in [0.3, 0.4) is 0 Å². The Kier molecular flexibility index (Phi) is 6.56. The molecule has 0 spiro atoms. The van der Waals surface area contributed by atoms with Crippen LogP contribution in [0, 0.1) is 4.91 Å². The first-order chi connectivity index (χ1) is 7.92. The number of hydrogen-bond donors (Lipinski definition) is 3. The fourth-order valence-corrected chi connectivity index (χ4v) is 1.07. The number of nitrogens with two attached hydrogens (primary N) is 2. The van der Waals surface area contributed by atoms with Gasteiger partial charge in [-0.3, -0.25) is 9.59 Å². The number of nitrogens with zero attached hydrogens (tertiary/aromatic N) is 2. The second kappa shape index (κ2) is 7.39. The van der Waals surface area contributed by atoms with Crippen LogP contribution in [-0.4, -0.2) is 41.3 Å². The highest BCUT2D eigenvalue weighted by molar-refractivity contribution is 6.18. The molecule has 0 unspecified atom stereocenters. The molecule has 0 aliphatic carbocycles. The zero-order valence-corrected chi connectivity index (χ0v) is 9.51. The van der Waals surface area contributed by atoms with E-state index in [2.05, 4.69) is 5.29 Å². The molecule has 0 aromatic carbocycles. The van der Waals surface area contributed by atoms with E-state index in [-0.39, 0.29) is 12.4 Å². The maximum absolute atomic E-state index is 11.4. The Morgan fingerprint density at radius 3 is 2.29 bits per heavy atom. The van der Waals surface area contributed by atoms with Crippen LogP contribution in [0.1, 0.15) is 6.42 Å². The number of urea groups is 1. The van der Waals surface area contributed by atoms with E-state index in [1.165, 1.54) is 0 Å². The minimum Gasteiger partial charge on any atom is -0.370 e. The lowest BCUT2D eigenvalue weighted by atomic mass is 10.2. The number of halogens is 1. The van der Waals surface area contributed by atoms with Gasteiger partial charge >= 0.3 is 6.03 Å². The van der Waals surface area contributed by atoms with Crippen molar-refractivity contribution in [3.63, 3.8) is 0 Å². The molecular weight excluding hydrogens is 254 g/mol. The Labute approximate surface area is 101 Å². The molecule has 0 aromatic heterocycles. The summed E-state index contributed by atoms with van der Waals surface area (Å²) in [4.78, 5) is 43.1. The van der Waals surface area contributed by atoms with Gasteiger partial charge in [-0.2, -0.15) is 5.01 Å². The van der Waals surface area contributed by atoms with E-state index in [0.29, 0.717) is 5.01 Å². The normalized spacial score (nSPS) is 11.4. The van der Waals surface area contributed by atoms with Crippen LogP contribution in [0.2, 0.25) is 0 Å². The third kappa shape index (κ3) is 5.66. The lowest BCUT2D eigenvalue weighted by Crippen LogP contribution is -2.50. The fourth-order valence-electron chi connectivity index (χ4n) is 0.907. The van der Waals surface area contributed by atoms with Crippen molar-refractivity contribution < 1.29 is 14.4 Å². The Balaban J connectivity index is 4.53. The van der Waals surface area contributed by atoms with Crippen molar-refractivity contribution in [2.75, 3.05) is 12.4 Å². The van der Waals surface area contributed by atoms with Gasteiger partial charge in [-0.1, -0.05) is 0 Å². The van der Waals surface area contributed by atoms with Crippen LogP contribution in [0.4, 0.5) is 4.79 Å². The van der Waals surface area contributed by atoms with E-state index < -0.39 is 30.3 Å². The van der Waals surface area contributed by atoms with Gasteiger partial charge in [-0.15, -0.1) is 16.5 Å². The molecule has 0 heterocycles. The maximum atomic E-state index is 11.4. The molecule has 0 rings (SSSR count). The highest BCUT2D eigenvalue weighted by Crippen LogP contribution is 1.96. The average Bonchev–Trinajstić information content (AvgIpc) is 2.23. The lowest BCUT2D eigenvalue weighted by Gasteiger charge is -2.17. The van der Waals surface area contributed by atoms with Crippen LogP contribution in [0.25, 0.3) is 0 Å². The molecule has 96 valence electrons. The molecule has 0 saturated heterocycles. The van der Waals surface area contributed by atoms with Crippen LogP contribution in [-0.2, 0) is 9.59 Å². The Morgan fingerprint density at radius 2 is 1.94 bits per heavy atom. The molecule has 0 bridgehead atoms. The van der Waals surface area contributed by atoms with Gasteiger partial charge in [0.2, 0.25) is 11.8 Å². The SMILES string of the molecule is NC(=O)C[C@H](NC(=O)N(CCCl)N=O)C(N)=O. The van der Waals surface area contributed by atoms with E-state index >= 15 is 0 Å². The van der Waals surface area contributed by atoms with Crippen molar-refractivity contribution in [3.05, 3.63) is 4.91 Å². The number of carbonyl (C=O) groups excluding carboxylic acids is 3. The second-order valence-electron chi connectivity index (χ2n) is 2.97. The highest BCUT2D eigenvalue weighted by Gasteiger charge is 2.23. The third-order valence-electron chi connectivity index (χ3n) is 1.68. The van der Waals surface area contributed by atoms with E-state index in [1.807, 2.05) is 5.32 Å². The van der Waals surface area contributed by atoms with Gasteiger partial charge in [-0.05, 0) is 0 Å². The number of hydrogen-bond acceptors (Lipinski definition) is 5. The van der Waals surface area contributed by atoms with Crippen LogP contribution in [0.5, 0.6) is 0 Å². The van der Waals surface area contributed by atoms with Gasteiger partial charge in [0, 0.05) is 5.88 Å². The molecule has 0 saturated carbocycles. The number of carbonyl (C=O) groups is 3. The summed E-state index contributed by atoms with van der Waals surface area (Å²) in [5.74, 6) is -1.79. The van der Waals surface area contributed by atoms with Crippen LogP contribution < -0.4 is 16.8 Å². The Morgan fingerprint density at radius 1 is 1.35 bits per heavy atom. The summed E-state index contributed by atoms with van der Waals surface area (Å²) in [5.41, 5.74) is 9.79. The first kappa shape index (κ1) is 15.1. The van der Waals surface area contributed by atoms with E-state index in [9.17, 15) is 19.3 Å². The predicted molar refractivity (Wildman–Crippen MR) is 58.5 cm³/mol. The number of primary amides is 2. The molecule has 4 amide bonds. The standard InChI is InChI=1S/C7H12ClN5O4/c8-1-2-13(12-17)7(16)11-4(6(10)15)3-5(9)14/h4H,1-3H2,(H2,9,14)(H2,10,15)(H,11,16)/t4-/m0/s1. The molecule has 5 N–H and O–H groups in total. The molecule has 0 aliphatic rings. The smallest absolute Gasteiger partial charge is 0.341 e. The van der Waals surface area contributed by atoms with Crippen molar-refractivity contribution in [2.24, 2.45) is 16.8 Å². The van der Waals surface area contributed by atoms with E-state index in [1.54, 1.807) is 0 Å². The summed E-state index contributed by atoms with van der Waals surface area (Å²) in [6.07, 6.45) is -0.464. The highest BCUT2D eigenvalue weighted by atomic mass is 35.5. The molecule has 1 atom stereocenters. The summed E-state index contributed by atoms with van der Waals surface area (Å²) in [6.45, 7) is -0.140. The molecule has 0 aliphatic heterocycles. The molecule has 9 nitrogen and oxygen atoms in total. The minimum atomic E-state index is -1.29. The van der Waals surface area contributed by atoms with Crippen molar-refractivity contribution in [1.29, 1.82) is 0 Å². The number of rotatable bonds is 7. The summed E-state index contributed by atoms with van der Waals surface area (Å²) < 4.78 is 0. The van der Waals surface area contributed by atoms with Crippen molar-refractivity contribution in [2.45, 2.75) is 12.5 Å². The van der Waals surface area contributed by atoms with Gasteiger partial charge in [0.15, 0.2) is 0 Å². The molecule has 0 radical (unpaired) electrons. The maximum Gasteiger partial charge on any atom is 0.341 e. The topological polar surface area (TPSA) is 148 Å². The van der Waals surface area contributed by atoms with Gasteiger partial charge in [0.1, 0.15) is 6.04 Å². The Hall–Kier alpha value is -1.90. The van der Waals surface area contributed by atoms with Gasteiger partial charge in [-0.25, -0.2) is 4.79 Å². The molecule has 0 fully saturated rings. The summed E-state index contributed by atoms with van der Waals surface area (Å²) in [6, 6.07) is -2.27. The fraction of sp³-hybridized carbons (Fsp3) is 0.571. The summed E-state index contributed by atoms with van der Waals surface area (Å²) in [7, 11) is 0. The monoisotopic (exact) mass is 265 g/mol. The lowest BCUT2D eigenvalue weighted by molar-refractivity contribution is -0.124. The average molecular weight is 266 g/mol. The Bertz CT molecular complexity index is 323. The quantitative estimate of drug-likeness (QED) is 0.296. The van der Waals surface area contributed by atoms with E-state index in [4.69, 9.17) is 23.1 Å². The first-order valence-electron chi connectivity index (χ1n) is 4.47. The minimum absolute atomic E-state index is 0.0176. The van der Waals surface area contributed by atoms with Gasteiger partial charge in [0.25, 0.3) is 0 Å². The zero-order valence-electron chi connectivity index (χ0n) is 8.76. The number of alkyl halides is 1.